The Labute approximate surface area is 180 Å². The molecule has 0 fully saturated rings. The summed E-state index contributed by atoms with van der Waals surface area (Å²) in [7, 11) is 0. The molecule has 2 amide bonds. The molecular formula is C22H27N3O4S. The van der Waals surface area contributed by atoms with E-state index >= 15 is 0 Å². The number of benzene rings is 2. The van der Waals surface area contributed by atoms with E-state index in [0.29, 0.717) is 17.9 Å². The van der Waals surface area contributed by atoms with E-state index in [1.165, 1.54) is 24.3 Å². The fourth-order valence-corrected chi connectivity index (χ4v) is 3.26. The highest BCUT2D eigenvalue weighted by molar-refractivity contribution is 7.98. The molecule has 8 heteroatoms. The molecule has 1 unspecified atom stereocenters. The second-order valence-electron chi connectivity index (χ2n) is 7.93. The van der Waals surface area contributed by atoms with E-state index in [2.05, 4.69) is 31.4 Å². The first-order valence-corrected chi connectivity index (χ1v) is 11.0. The Balaban J connectivity index is 2.12. The van der Waals surface area contributed by atoms with Crippen LogP contribution in [-0.4, -0.2) is 34.8 Å². The van der Waals surface area contributed by atoms with Crippen LogP contribution in [-0.2, 0) is 10.2 Å². The molecule has 2 aromatic rings. The van der Waals surface area contributed by atoms with Crippen LogP contribution in [0.25, 0.3) is 0 Å². The van der Waals surface area contributed by atoms with Crippen molar-refractivity contribution in [2.45, 2.75) is 38.6 Å². The number of nitro groups is 1. The maximum atomic E-state index is 12.8. The molecule has 0 bridgehead atoms. The number of thioether (sulfide) groups is 1. The number of non-ortho nitro benzene ring substituents is 1. The van der Waals surface area contributed by atoms with E-state index in [0.717, 1.165) is 5.56 Å². The molecule has 0 saturated carbocycles. The zero-order chi connectivity index (χ0) is 22.3. The first-order valence-electron chi connectivity index (χ1n) is 9.57. The van der Waals surface area contributed by atoms with Gasteiger partial charge in [-0.15, -0.1) is 0 Å². The summed E-state index contributed by atoms with van der Waals surface area (Å²) in [6, 6.07) is 12.3. The molecule has 0 saturated heterocycles. The highest BCUT2D eigenvalue weighted by Gasteiger charge is 2.22. The Morgan fingerprint density at radius 2 is 1.80 bits per heavy atom. The Kier molecular flexibility index (Phi) is 8.00. The molecular weight excluding hydrogens is 402 g/mol. The summed E-state index contributed by atoms with van der Waals surface area (Å²) in [6.07, 6.45) is 2.36. The van der Waals surface area contributed by atoms with Crippen molar-refractivity contribution in [1.29, 1.82) is 0 Å². The molecule has 0 aromatic heterocycles. The second-order valence-corrected chi connectivity index (χ2v) is 8.92. The third-order valence-corrected chi connectivity index (χ3v) is 5.21. The number of nitro benzene ring substituents is 1. The van der Waals surface area contributed by atoms with Gasteiger partial charge in [-0.2, -0.15) is 11.8 Å². The minimum Gasteiger partial charge on any atom is -0.340 e. The minimum atomic E-state index is -0.758. The van der Waals surface area contributed by atoms with Crippen molar-refractivity contribution in [3.63, 3.8) is 0 Å². The Bertz CT molecular complexity index is 907. The fourth-order valence-electron chi connectivity index (χ4n) is 2.79. The van der Waals surface area contributed by atoms with Crippen molar-refractivity contribution < 1.29 is 14.5 Å². The van der Waals surface area contributed by atoms with Crippen LogP contribution in [0, 0.1) is 10.1 Å². The van der Waals surface area contributed by atoms with Crippen LogP contribution in [0.5, 0.6) is 0 Å². The molecule has 7 nitrogen and oxygen atoms in total. The zero-order valence-corrected chi connectivity index (χ0v) is 18.4. The first-order chi connectivity index (χ1) is 14.1. The van der Waals surface area contributed by atoms with E-state index in [4.69, 9.17) is 0 Å². The fraction of sp³-hybridized carbons (Fsp3) is 0.364. The predicted octanol–water partition coefficient (Wildman–Crippen LogP) is 4.38. The number of hydrogen-bond donors (Lipinski definition) is 2. The summed E-state index contributed by atoms with van der Waals surface area (Å²) < 4.78 is 0. The third kappa shape index (κ3) is 6.59. The van der Waals surface area contributed by atoms with Gasteiger partial charge in [0.2, 0.25) is 5.91 Å². The summed E-state index contributed by atoms with van der Waals surface area (Å²) in [5.41, 5.74) is 1.77. The number of amides is 2. The minimum absolute atomic E-state index is 0.00962. The zero-order valence-electron chi connectivity index (χ0n) is 17.6. The molecule has 0 spiro atoms. The Morgan fingerprint density at radius 3 is 2.37 bits per heavy atom. The number of nitrogens with zero attached hydrogens (tertiary/aromatic N) is 1. The van der Waals surface area contributed by atoms with Gasteiger partial charge in [-0.25, -0.2) is 0 Å². The maximum Gasteiger partial charge on any atom is 0.270 e. The largest absolute Gasteiger partial charge is 0.340 e. The third-order valence-electron chi connectivity index (χ3n) is 4.57. The predicted molar refractivity (Wildman–Crippen MR) is 121 cm³/mol. The second kappa shape index (κ2) is 10.2. The van der Waals surface area contributed by atoms with Crippen molar-refractivity contribution in [3.05, 3.63) is 69.8 Å². The van der Waals surface area contributed by atoms with Gasteiger partial charge in [0, 0.05) is 23.4 Å². The van der Waals surface area contributed by atoms with Crippen molar-refractivity contribution in [2.75, 3.05) is 17.3 Å². The summed E-state index contributed by atoms with van der Waals surface area (Å²) in [5, 5.41) is 16.5. The Hall–Kier alpha value is -2.87. The van der Waals surface area contributed by atoms with Gasteiger partial charge in [-0.3, -0.25) is 19.7 Å². The molecule has 0 aliphatic rings. The summed E-state index contributed by atoms with van der Waals surface area (Å²) in [4.78, 5) is 35.8. The number of hydrogen-bond acceptors (Lipinski definition) is 5. The monoisotopic (exact) mass is 429 g/mol. The Morgan fingerprint density at radius 1 is 1.13 bits per heavy atom. The lowest BCUT2D eigenvalue weighted by Gasteiger charge is -2.20. The van der Waals surface area contributed by atoms with Crippen LogP contribution in [0.3, 0.4) is 0 Å². The number of rotatable bonds is 8. The van der Waals surface area contributed by atoms with Gasteiger partial charge in [0.15, 0.2) is 0 Å². The summed E-state index contributed by atoms with van der Waals surface area (Å²) in [6.45, 7) is 6.34. The van der Waals surface area contributed by atoms with E-state index in [-0.39, 0.29) is 22.6 Å². The molecule has 2 N–H and O–H groups in total. The molecule has 0 aliphatic heterocycles. The van der Waals surface area contributed by atoms with Crippen molar-refractivity contribution in [3.8, 4) is 0 Å². The van der Waals surface area contributed by atoms with Crippen LogP contribution in [0.1, 0.15) is 43.1 Å². The summed E-state index contributed by atoms with van der Waals surface area (Å²) in [5.74, 6) is -0.176. The van der Waals surface area contributed by atoms with Crippen molar-refractivity contribution in [2.24, 2.45) is 0 Å². The molecule has 1 atom stereocenters. The number of anilines is 1. The van der Waals surface area contributed by atoms with Gasteiger partial charge in [-0.05, 0) is 47.6 Å². The lowest BCUT2D eigenvalue weighted by molar-refractivity contribution is -0.384. The summed E-state index contributed by atoms with van der Waals surface area (Å²) >= 11 is 1.57. The average Bonchev–Trinajstić information content (AvgIpc) is 2.70. The van der Waals surface area contributed by atoms with Crippen molar-refractivity contribution >= 4 is 35.0 Å². The molecule has 0 radical (unpaired) electrons. The van der Waals surface area contributed by atoms with Crippen LogP contribution in [0.15, 0.2) is 48.5 Å². The lowest BCUT2D eigenvalue weighted by atomic mass is 9.87. The molecule has 30 heavy (non-hydrogen) atoms. The highest BCUT2D eigenvalue weighted by Crippen LogP contribution is 2.23. The standard InChI is InChI=1S/C22H27N3O4S/c1-22(2,3)16-8-10-17(11-9-16)23-21(27)19(12-13-30-4)24-20(26)15-6-5-7-18(14-15)25(28)29/h5-11,14,19H,12-13H2,1-4H3,(H,23,27)(H,24,26). The topological polar surface area (TPSA) is 101 Å². The van der Waals surface area contributed by atoms with Crippen LogP contribution in [0.2, 0.25) is 0 Å². The molecule has 0 aliphatic carbocycles. The van der Waals surface area contributed by atoms with Gasteiger partial charge < -0.3 is 10.6 Å². The first kappa shape index (κ1) is 23.4. The average molecular weight is 430 g/mol. The van der Waals surface area contributed by atoms with Gasteiger partial charge in [0.05, 0.1) is 4.92 Å². The van der Waals surface area contributed by atoms with E-state index in [9.17, 15) is 19.7 Å². The number of carbonyl (C=O) groups excluding carboxylic acids is 2. The molecule has 0 heterocycles. The van der Waals surface area contributed by atoms with Crippen LogP contribution in [0.4, 0.5) is 11.4 Å². The van der Waals surface area contributed by atoms with Gasteiger partial charge in [0.25, 0.3) is 11.6 Å². The normalized spacial score (nSPS) is 12.1. The molecule has 160 valence electrons. The van der Waals surface area contributed by atoms with Gasteiger partial charge in [0.1, 0.15) is 6.04 Å². The highest BCUT2D eigenvalue weighted by atomic mass is 32.2. The smallest absolute Gasteiger partial charge is 0.270 e. The van der Waals surface area contributed by atoms with Crippen molar-refractivity contribution in [1.82, 2.24) is 5.32 Å². The quantitative estimate of drug-likeness (QED) is 0.479. The van der Waals surface area contributed by atoms with E-state index in [1.54, 1.807) is 11.8 Å². The SMILES string of the molecule is CSCCC(NC(=O)c1cccc([N+](=O)[O-])c1)C(=O)Nc1ccc(C(C)(C)C)cc1. The lowest BCUT2D eigenvalue weighted by Crippen LogP contribution is -2.44. The van der Waals surface area contributed by atoms with Gasteiger partial charge in [-0.1, -0.05) is 39.0 Å². The number of carbonyl (C=O) groups is 2. The molecule has 2 aromatic carbocycles. The van der Waals surface area contributed by atoms with E-state index in [1.807, 2.05) is 30.5 Å². The maximum absolute atomic E-state index is 12.8. The molecule has 2 rings (SSSR count). The van der Waals surface area contributed by atoms with Gasteiger partial charge >= 0.3 is 0 Å². The number of nitrogens with one attached hydrogen (secondary N) is 2. The van der Waals surface area contributed by atoms with E-state index < -0.39 is 16.9 Å². The van der Waals surface area contributed by atoms with Crippen LogP contribution >= 0.6 is 11.8 Å². The van der Waals surface area contributed by atoms with Crippen LogP contribution < -0.4 is 10.6 Å².